The number of halogens is 1. The second-order valence-corrected chi connectivity index (χ2v) is 6.42. The van der Waals surface area contributed by atoms with E-state index in [0.717, 1.165) is 17.1 Å². The van der Waals surface area contributed by atoms with E-state index in [1.807, 2.05) is 0 Å². The molecule has 0 spiro atoms. The Morgan fingerprint density at radius 3 is 2.74 bits per heavy atom. The molecule has 0 aliphatic carbocycles. The molecular weight excluding hydrogens is 302 g/mol. The minimum absolute atomic E-state index is 0.739. The van der Waals surface area contributed by atoms with Crippen molar-refractivity contribution in [2.45, 2.75) is 18.9 Å². The van der Waals surface area contributed by atoms with Gasteiger partial charge in [-0.25, -0.2) is 0 Å². The maximum absolute atomic E-state index is 3.50. The zero-order valence-corrected chi connectivity index (χ0v) is 12.9. The molecule has 19 heavy (non-hydrogen) atoms. The van der Waals surface area contributed by atoms with E-state index in [9.17, 15) is 0 Å². The average Bonchev–Trinajstić information content (AvgIpc) is 2.76. The summed E-state index contributed by atoms with van der Waals surface area (Å²) in [5.41, 5.74) is 1.36. The zero-order chi connectivity index (χ0) is 13.1. The molecule has 0 radical (unpaired) electrons. The van der Waals surface area contributed by atoms with Crippen molar-refractivity contribution >= 4 is 21.6 Å². The van der Waals surface area contributed by atoms with Gasteiger partial charge in [-0.2, -0.15) is 0 Å². The maximum Gasteiger partial charge on any atom is 0.0367 e. The van der Waals surface area contributed by atoms with Crippen LogP contribution in [-0.4, -0.2) is 50.2 Å². The molecule has 104 valence electrons. The minimum atomic E-state index is 0.739. The molecule has 1 unspecified atom stereocenters. The highest BCUT2D eigenvalue weighted by atomic mass is 79.9. The predicted octanol–water partition coefficient (Wildman–Crippen LogP) is 2.32. The lowest BCUT2D eigenvalue weighted by Crippen LogP contribution is -2.39. The van der Waals surface area contributed by atoms with Gasteiger partial charge in [-0.15, -0.1) is 0 Å². The molecule has 3 rings (SSSR count). The molecule has 1 N–H and O–H groups in total. The number of nitrogens with one attached hydrogen (secondary N) is 1. The first-order valence-electron chi connectivity index (χ1n) is 7.28. The third-order valence-corrected chi connectivity index (χ3v) is 4.77. The summed E-state index contributed by atoms with van der Waals surface area (Å²) >= 11 is 3.50. The van der Waals surface area contributed by atoms with Gasteiger partial charge in [-0.05, 0) is 50.2 Å². The third-order valence-electron chi connectivity index (χ3n) is 4.25. The monoisotopic (exact) mass is 323 g/mol. The van der Waals surface area contributed by atoms with Gasteiger partial charge in [-0.3, -0.25) is 4.90 Å². The Labute approximate surface area is 124 Å². The Bertz CT molecular complexity index is 398. The summed E-state index contributed by atoms with van der Waals surface area (Å²) in [7, 11) is 0. The molecule has 2 aliphatic rings. The second-order valence-electron chi connectivity index (χ2n) is 5.50. The van der Waals surface area contributed by atoms with Crippen molar-refractivity contribution in [3.8, 4) is 0 Å². The Balaban J connectivity index is 1.61. The molecule has 1 atom stereocenters. The van der Waals surface area contributed by atoms with Crippen LogP contribution in [0.5, 0.6) is 0 Å². The van der Waals surface area contributed by atoms with Crippen molar-refractivity contribution in [1.29, 1.82) is 0 Å². The van der Waals surface area contributed by atoms with Gasteiger partial charge < -0.3 is 10.2 Å². The molecule has 0 saturated carbocycles. The number of nitrogens with zero attached hydrogens (tertiary/aromatic N) is 2. The first kappa shape index (κ1) is 13.4. The largest absolute Gasteiger partial charge is 0.370 e. The summed E-state index contributed by atoms with van der Waals surface area (Å²) in [6, 6.07) is 9.45. The smallest absolute Gasteiger partial charge is 0.0367 e. The quantitative estimate of drug-likeness (QED) is 0.901. The number of anilines is 1. The van der Waals surface area contributed by atoms with Crippen LogP contribution in [-0.2, 0) is 0 Å². The van der Waals surface area contributed by atoms with Crippen molar-refractivity contribution in [2.75, 3.05) is 44.2 Å². The van der Waals surface area contributed by atoms with Crippen LogP contribution in [0.25, 0.3) is 0 Å². The van der Waals surface area contributed by atoms with Crippen LogP contribution >= 0.6 is 15.9 Å². The van der Waals surface area contributed by atoms with Crippen LogP contribution in [0.4, 0.5) is 5.69 Å². The maximum atomic E-state index is 3.50. The molecule has 4 heteroatoms. The van der Waals surface area contributed by atoms with E-state index in [0.29, 0.717) is 0 Å². The number of hydrogen-bond acceptors (Lipinski definition) is 3. The molecule has 2 heterocycles. The van der Waals surface area contributed by atoms with Gasteiger partial charge in [0.2, 0.25) is 0 Å². The lowest BCUT2D eigenvalue weighted by molar-refractivity contribution is 0.224. The Kier molecular flexibility index (Phi) is 4.41. The van der Waals surface area contributed by atoms with Crippen LogP contribution in [0.15, 0.2) is 28.7 Å². The molecule has 1 aromatic rings. The molecule has 1 aromatic carbocycles. The molecule has 3 nitrogen and oxygen atoms in total. The van der Waals surface area contributed by atoms with Crippen molar-refractivity contribution in [1.82, 2.24) is 10.2 Å². The second kappa shape index (κ2) is 6.25. The molecule has 2 saturated heterocycles. The minimum Gasteiger partial charge on any atom is -0.370 e. The summed E-state index contributed by atoms with van der Waals surface area (Å²) in [6.07, 6.45) is 2.59. The van der Waals surface area contributed by atoms with Crippen LogP contribution in [0.3, 0.4) is 0 Å². The van der Waals surface area contributed by atoms with Crippen molar-refractivity contribution in [3.05, 3.63) is 28.7 Å². The summed E-state index contributed by atoms with van der Waals surface area (Å²) in [5.74, 6) is 0. The summed E-state index contributed by atoms with van der Waals surface area (Å²) < 4.78 is 1.16. The lowest BCUT2D eigenvalue weighted by Gasteiger charge is -2.27. The van der Waals surface area contributed by atoms with E-state index in [4.69, 9.17) is 0 Å². The Morgan fingerprint density at radius 2 is 1.89 bits per heavy atom. The lowest BCUT2D eigenvalue weighted by atomic mass is 10.2. The number of rotatable bonds is 2. The summed E-state index contributed by atoms with van der Waals surface area (Å²) in [4.78, 5) is 5.20. The van der Waals surface area contributed by atoms with E-state index >= 15 is 0 Å². The van der Waals surface area contributed by atoms with Gasteiger partial charge in [0.1, 0.15) is 0 Å². The van der Waals surface area contributed by atoms with Gasteiger partial charge in [0.25, 0.3) is 0 Å². The highest BCUT2D eigenvalue weighted by molar-refractivity contribution is 9.10. The molecule has 2 aliphatic heterocycles. The predicted molar refractivity (Wildman–Crippen MR) is 83.8 cm³/mol. The summed E-state index contributed by atoms with van der Waals surface area (Å²) in [6.45, 7) is 7.16. The highest BCUT2D eigenvalue weighted by Crippen LogP contribution is 2.24. The summed E-state index contributed by atoms with van der Waals surface area (Å²) in [5, 5.41) is 3.49. The first-order valence-corrected chi connectivity index (χ1v) is 8.07. The fraction of sp³-hybridized carbons (Fsp3) is 0.600. The van der Waals surface area contributed by atoms with E-state index in [1.165, 1.54) is 51.3 Å². The number of hydrogen-bond donors (Lipinski definition) is 1. The first-order chi connectivity index (χ1) is 9.33. The Hall–Kier alpha value is -0.580. The molecular formula is C15H22BrN3. The van der Waals surface area contributed by atoms with Crippen LogP contribution in [0.2, 0.25) is 0 Å². The molecule has 0 aromatic heterocycles. The van der Waals surface area contributed by atoms with E-state index < -0.39 is 0 Å². The fourth-order valence-electron chi connectivity index (χ4n) is 3.16. The molecule has 2 fully saturated rings. The Morgan fingerprint density at radius 1 is 1.05 bits per heavy atom. The van der Waals surface area contributed by atoms with Crippen molar-refractivity contribution < 1.29 is 0 Å². The van der Waals surface area contributed by atoms with Crippen LogP contribution in [0, 0.1) is 0 Å². The van der Waals surface area contributed by atoms with Gasteiger partial charge in [0.05, 0.1) is 0 Å². The topological polar surface area (TPSA) is 18.5 Å². The van der Waals surface area contributed by atoms with Gasteiger partial charge in [0.15, 0.2) is 0 Å². The number of benzene rings is 1. The normalized spacial score (nSPS) is 25.5. The molecule has 0 amide bonds. The van der Waals surface area contributed by atoms with Crippen LogP contribution < -0.4 is 10.2 Å². The molecule has 0 bridgehead atoms. The fourth-order valence-corrected chi connectivity index (χ4v) is 3.42. The average molecular weight is 324 g/mol. The zero-order valence-electron chi connectivity index (χ0n) is 11.3. The van der Waals surface area contributed by atoms with E-state index in [-0.39, 0.29) is 0 Å². The van der Waals surface area contributed by atoms with E-state index in [1.54, 1.807) is 0 Å². The highest BCUT2D eigenvalue weighted by Gasteiger charge is 2.27. The van der Waals surface area contributed by atoms with Crippen LogP contribution in [0.1, 0.15) is 12.8 Å². The van der Waals surface area contributed by atoms with E-state index in [2.05, 4.69) is 55.3 Å². The van der Waals surface area contributed by atoms with Gasteiger partial charge in [0, 0.05) is 42.4 Å². The standard InChI is InChI=1S/C15H22BrN3/c16-13-2-4-14(5-3-13)19-10-6-15(12-19)18-9-1-7-17-8-11-18/h2-5,15,17H,1,6-12H2. The van der Waals surface area contributed by atoms with Gasteiger partial charge in [-0.1, -0.05) is 15.9 Å². The van der Waals surface area contributed by atoms with Crippen molar-refractivity contribution in [2.24, 2.45) is 0 Å². The van der Waals surface area contributed by atoms with Gasteiger partial charge >= 0.3 is 0 Å². The third kappa shape index (κ3) is 3.30. The van der Waals surface area contributed by atoms with Crippen molar-refractivity contribution in [3.63, 3.8) is 0 Å². The SMILES string of the molecule is Brc1ccc(N2CCC(N3CCCNCC3)C2)cc1.